The highest BCUT2D eigenvalue weighted by Crippen LogP contribution is 2.36. The molecular weight excluding hydrogens is 308 g/mol. The van der Waals surface area contributed by atoms with Crippen molar-refractivity contribution in [2.24, 2.45) is 23.7 Å². The minimum atomic E-state index is 0.264. The molecule has 0 aromatic rings. The van der Waals surface area contributed by atoms with E-state index in [-0.39, 0.29) is 5.91 Å². The monoisotopic (exact) mass is 348 g/mol. The lowest BCUT2D eigenvalue weighted by atomic mass is 9.77. The van der Waals surface area contributed by atoms with E-state index in [0.29, 0.717) is 0 Å². The van der Waals surface area contributed by atoms with Crippen LogP contribution in [0.15, 0.2) is 0 Å². The van der Waals surface area contributed by atoms with Crippen LogP contribution < -0.4 is 0 Å². The van der Waals surface area contributed by atoms with Gasteiger partial charge in [-0.3, -0.25) is 4.79 Å². The van der Waals surface area contributed by atoms with Gasteiger partial charge in [-0.2, -0.15) is 0 Å². The van der Waals surface area contributed by atoms with Crippen LogP contribution in [0.3, 0.4) is 0 Å². The van der Waals surface area contributed by atoms with E-state index in [1.165, 1.54) is 70.9 Å². The Hall–Kier alpha value is -0.570. The van der Waals surface area contributed by atoms with Gasteiger partial charge in [0.05, 0.1) is 0 Å². The number of carbonyl (C=O) groups is 1. The van der Waals surface area contributed by atoms with E-state index in [9.17, 15) is 4.79 Å². The number of hydrogen-bond donors (Lipinski definition) is 0. The molecule has 2 saturated heterocycles. The number of amides is 1. The Morgan fingerprint density at radius 1 is 0.840 bits per heavy atom. The number of piperidine rings is 2. The minimum absolute atomic E-state index is 0.264. The zero-order chi connectivity index (χ0) is 17.8. The van der Waals surface area contributed by atoms with Gasteiger partial charge < -0.3 is 9.80 Å². The first-order chi connectivity index (χ1) is 12.0. The van der Waals surface area contributed by atoms with Gasteiger partial charge in [0.2, 0.25) is 5.91 Å². The molecule has 3 rings (SSSR count). The van der Waals surface area contributed by atoms with Gasteiger partial charge in [0, 0.05) is 26.1 Å². The Bertz CT molecular complexity index is 412. The Labute approximate surface area is 155 Å². The molecule has 3 nitrogen and oxygen atoms in total. The molecule has 2 aliphatic heterocycles. The van der Waals surface area contributed by atoms with Crippen LogP contribution in [0.2, 0.25) is 0 Å². The van der Waals surface area contributed by atoms with Crippen molar-refractivity contribution in [1.29, 1.82) is 0 Å². The summed E-state index contributed by atoms with van der Waals surface area (Å²) >= 11 is 0. The van der Waals surface area contributed by atoms with Crippen molar-refractivity contribution >= 4 is 5.91 Å². The smallest absolute Gasteiger partial charge is 0.219 e. The van der Waals surface area contributed by atoms with E-state index >= 15 is 0 Å². The van der Waals surface area contributed by atoms with Gasteiger partial charge in [0.1, 0.15) is 0 Å². The summed E-state index contributed by atoms with van der Waals surface area (Å²) in [7, 11) is 0. The van der Waals surface area contributed by atoms with Crippen LogP contribution in [0.25, 0.3) is 0 Å². The fourth-order valence-corrected chi connectivity index (χ4v) is 5.65. The summed E-state index contributed by atoms with van der Waals surface area (Å²) in [5.41, 5.74) is 0. The predicted molar refractivity (Wildman–Crippen MR) is 104 cm³/mol. The largest absolute Gasteiger partial charge is 0.343 e. The third-order valence-corrected chi connectivity index (χ3v) is 7.58. The van der Waals surface area contributed by atoms with Gasteiger partial charge in [0.25, 0.3) is 0 Å². The highest BCUT2D eigenvalue weighted by molar-refractivity contribution is 5.73. The summed E-state index contributed by atoms with van der Waals surface area (Å²) in [4.78, 5) is 16.3. The van der Waals surface area contributed by atoms with Crippen LogP contribution in [0.4, 0.5) is 0 Å². The van der Waals surface area contributed by atoms with Crippen LogP contribution in [0, 0.1) is 23.7 Å². The van der Waals surface area contributed by atoms with Gasteiger partial charge in [-0.15, -0.1) is 0 Å². The Morgan fingerprint density at radius 2 is 1.40 bits per heavy atom. The molecule has 0 bridgehead atoms. The highest BCUT2D eigenvalue weighted by atomic mass is 16.2. The van der Waals surface area contributed by atoms with E-state index in [1.807, 2.05) is 4.90 Å². The van der Waals surface area contributed by atoms with Gasteiger partial charge in [0.15, 0.2) is 0 Å². The second-order valence-electron chi connectivity index (χ2n) is 9.48. The maximum Gasteiger partial charge on any atom is 0.219 e. The molecule has 0 aromatic carbocycles. The standard InChI is InChI=1S/C22H40N2O/c1-17(2)21-10-14-24(15-11-21)22-6-4-19(5-7-22)16-20-8-12-23(13-9-20)18(3)25/h17,19-22H,4-16H2,1-3H3. The summed E-state index contributed by atoms with van der Waals surface area (Å²) in [6.45, 7) is 11.2. The summed E-state index contributed by atoms with van der Waals surface area (Å²) in [5, 5.41) is 0. The molecule has 1 amide bonds. The van der Waals surface area contributed by atoms with Crippen molar-refractivity contribution in [2.75, 3.05) is 26.2 Å². The minimum Gasteiger partial charge on any atom is -0.343 e. The van der Waals surface area contributed by atoms with Crippen molar-refractivity contribution in [3.8, 4) is 0 Å². The van der Waals surface area contributed by atoms with Gasteiger partial charge in [-0.25, -0.2) is 0 Å². The lowest BCUT2D eigenvalue weighted by molar-refractivity contribution is -0.130. The van der Waals surface area contributed by atoms with Crippen LogP contribution in [-0.2, 0) is 4.79 Å². The SMILES string of the molecule is CC(=O)N1CCC(CC2CCC(N3CCC(C(C)C)CC3)CC2)CC1. The Kier molecular flexibility index (Phi) is 6.82. The fraction of sp³-hybridized carbons (Fsp3) is 0.955. The average molecular weight is 349 g/mol. The molecule has 0 unspecified atom stereocenters. The quantitative estimate of drug-likeness (QED) is 0.743. The Morgan fingerprint density at radius 3 is 1.92 bits per heavy atom. The maximum absolute atomic E-state index is 11.5. The first kappa shape index (κ1) is 19.2. The zero-order valence-corrected chi connectivity index (χ0v) is 16.9. The highest BCUT2D eigenvalue weighted by Gasteiger charge is 2.31. The number of likely N-dealkylation sites (tertiary alicyclic amines) is 2. The average Bonchev–Trinajstić information content (AvgIpc) is 2.63. The zero-order valence-electron chi connectivity index (χ0n) is 16.9. The first-order valence-corrected chi connectivity index (χ1v) is 11.0. The van der Waals surface area contributed by atoms with Gasteiger partial charge >= 0.3 is 0 Å². The van der Waals surface area contributed by atoms with Gasteiger partial charge in [-0.05, 0) is 94.5 Å². The molecule has 1 aliphatic carbocycles. The van der Waals surface area contributed by atoms with Crippen LogP contribution in [0.1, 0.15) is 78.6 Å². The van der Waals surface area contributed by atoms with E-state index in [1.54, 1.807) is 6.92 Å². The van der Waals surface area contributed by atoms with Gasteiger partial charge in [-0.1, -0.05) is 13.8 Å². The van der Waals surface area contributed by atoms with E-state index in [4.69, 9.17) is 0 Å². The molecule has 3 fully saturated rings. The topological polar surface area (TPSA) is 23.6 Å². The van der Waals surface area contributed by atoms with Crippen molar-refractivity contribution < 1.29 is 4.79 Å². The van der Waals surface area contributed by atoms with Crippen molar-refractivity contribution in [3.05, 3.63) is 0 Å². The molecule has 144 valence electrons. The van der Waals surface area contributed by atoms with Crippen LogP contribution in [-0.4, -0.2) is 47.9 Å². The van der Waals surface area contributed by atoms with E-state index < -0.39 is 0 Å². The summed E-state index contributed by atoms with van der Waals surface area (Å²) in [6.07, 6.45) is 12.5. The molecule has 25 heavy (non-hydrogen) atoms. The molecule has 2 heterocycles. The first-order valence-electron chi connectivity index (χ1n) is 11.0. The third kappa shape index (κ3) is 5.21. The molecule has 3 aliphatic rings. The maximum atomic E-state index is 11.5. The van der Waals surface area contributed by atoms with Crippen LogP contribution in [0.5, 0.6) is 0 Å². The molecule has 0 radical (unpaired) electrons. The van der Waals surface area contributed by atoms with Crippen molar-refractivity contribution in [3.63, 3.8) is 0 Å². The normalized spacial score (nSPS) is 30.8. The lowest BCUT2D eigenvalue weighted by Crippen LogP contribution is -2.44. The molecule has 0 spiro atoms. The van der Waals surface area contributed by atoms with Crippen LogP contribution >= 0.6 is 0 Å². The molecule has 0 atom stereocenters. The van der Waals surface area contributed by atoms with Crippen molar-refractivity contribution in [2.45, 2.75) is 84.6 Å². The number of rotatable bonds is 4. The second-order valence-corrected chi connectivity index (χ2v) is 9.48. The Balaban J connectivity index is 1.35. The van der Waals surface area contributed by atoms with E-state index in [2.05, 4.69) is 18.7 Å². The number of hydrogen-bond acceptors (Lipinski definition) is 2. The molecule has 3 heteroatoms. The number of carbonyl (C=O) groups excluding carboxylic acids is 1. The summed E-state index contributed by atoms with van der Waals surface area (Å²) < 4.78 is 0. The van der Waals surface area contributed by atoms with E-state index in [0.717, 1.165) is 42.8 Å². The predicted octanol–water partition coefficient (Wildman–Crippen LogP) is 4.56. The second kappa shape index (κ2) is 8.88. The number of nitrogens with zero attached hydrogens (tertiary/aromatic N) is 2. The molecule has 1 saturated carbocycles. The third-order valence-electron chi connectivity index (χ3n) is 7.58. The lowest BCUT2D eigenvalue weighted by Gasteiger charge is -2.42. The van der Waals surface area contributed by atoms with Crippen molar-refractivity contribution in [1.82, 2.24) is 9.80 Å². The molecular formula is C22H40N2O. The molecule has 0 N–H and O–H groups in total. The summed E-state index contributed by atoms with van der Waals surface area (Å²) in [6, 6.07) is 0.879. The molecule has 0 aromatic heterocycles. The summed E-state index contributed by atoms with van der Waals surface area (Å²) in [5.74, 6) is 3.93. The fourth-order valence-electron chi connectivity index (χ4n) is 5.65.